The van der Waals surface area contributed by atoms with E-state index in [9.17, 15) is 9.50 Å². The van der Waals surface area contributed by atoms with Gasteiger partial charge >= 0.3 is 0 Å². The van der Waals surface area contributed by atoms with E-state index in [0.717, 1.165) is 16.9 Å². The number of halogens is 1. The van der Waals surface area contributed by atoms with Gasteiger partial charge in [-0.15, -0.1) is 0 Å². The van der Waals surface area contributed by atoms with Gasteiger partial charge in [0, 0.05) is 55.7 Å². The molecule has 0 spiro atoms. The number of aliphatic imine (C=N–C) groups is 1. The predicted molar refractivity (Wildman–Crippen MR) is 111 cm³/mol. The number of aromatic nitrogens is 2. The molecule has 4 N–H and O–H groups in total. The van der Waals surface area contributed by atoms with Crippen LogP contribution in [-0.4, -0.2) is 34.8 Å². The van der Waals surface area contributed by atoms with E-state index in [1.807, 2.05) is 28.9 Å². The highest BCUT2D eigenvalue weighted by molar-refractivity contribution is 5.94. The van der Waals surface area contributed by atoms with Crippen LogP contribution < -0.4 is 11.1 Å². The zero-order valence-corrected chi connectivity index (χ0v) is 16.2. The maximum atomic E-state index is 13.9. The lowest BCUT2D eigenvalue weighted by atomic mass is 10.0. The van der Waals surface area contributed by atoms with Gasteiger partial charge in [0.25, 0.3) is 0 Å². The molecule has 0 saturated heterocycles. The molecule has 0 saturated carbocycles. The number of nitrogens with zero attached hydrogens (tertiary/aromatic N) is 5. The van der Waals surface area contributed by atoms with E-state index in [1.54, 1.807) is 19.5 Å². The van der Waals surface area contributed by atoms with Gasteiger partial charge < -0.3 is 20.6 Å². The smallest absolute Gasteiger partial charge is 0.137 e. The summed E-state index contributed by atoms with van der Waals surface area (Å²) in [5.74, 6) is -0.469. The van der Waals surface area contributed by atoms with Crippen molar-refractivity contribution >= 4 is 23.2 Å². The SMILES string of the molecule is C/N=C\c1c(N)cc(F)cc1C(=C/NCc1cn2cc(CO)ccc2n1)/N=N\C. The highest BCUT2D eigenvalue weighted by atomic mass is 19.1. The normalized spacial score (nSPS) is 12.5. The number of rotatable bonds is 7. The Morgan fingerprint density at radius 3 is 2.86 bits per heavy atom. The maximum absolute atomic E-state index is 13.9. The number of fused-ring (bicyclic) bond motifs is 1. The first-order valence-corrected chi connectivity index (χ1v) is 8.88. The number of pyridine rings is 1. The molecule has 1 aromatic carbocycles. The minimum Gasteiger partial charge on any atom is -0.398 e. The van der Waals surface area contributed by atoms with Gasteiger partial charge in [-0.25, -0.2) is 9.37 Å². The molecule has 0 atom stereocenters. The number of hydrogen-bond donors (Lipinski definition) is 3. The van der Waals surface area contributed by atoms with Crippen molar-refractivity contribution in [2.24, 2.45) is 15.2 Å². The van der Waals surface area contributed by atoms with Gasteiger partial charge in [0.1, 0.15) is 17.2 Å². The highest BCUT2D eigenvalue weighted by Gasteiger charge is 2.12. The molecule has 0 fully saturated rings. The maximum Gasteiger partial charge on any atom is 0.137 e. The summed E-state index contributed by atoms with van der Waals surface area (Å²) in [7, 11) is 3.14. The summed E-state index contributed by atoms with van der Waals surface area (Å²) in [6.07, 6.45) is 6.89. The van der Waals surface area contributed by atoms with Gasteiger partial charge in [0.2, 0.25) is 0 Å². The molecular formula is C20H22FN7O. The molecule has 9 heteroatoms. The molecule has 0 amide bonds. The number of aliphatic hydroxyl groups excluding tert-OH is 1. The molecule has 0 aliphatic carbocycles. The highest BCUT2D eigenvalue weighted by Crippen LogP contribution is 2.25. The van der Waals surface area contributed by atoms with Gasteiger partial charge in [-0.3, -0.25) is 4.99 Å². The fourth-order valence-corrected chi connectivity index (χ4v) is 2.91. The van der Waals surface area contributed by atoms with Gasteiger partial charge in [-0.05, 0) is 23.8 Å². The average molecular weight is 395 g/mol. The summed E-state index contributed by atoms with van der Waals surface area (Å²) in [5, 5.41) is 20.3. The minimum atomic E-state index is -0.469. The van der Waals surface area contributed by atoms with E-state index in [4.69, 9.17) is 5.73 Å². The molecule has 2 heterocycles. The van der Waals surface area contributed by atoms with E-state index in [0.29, 0.717) is 23.4 Å². The minimum absolute atomic E-state index is 0.0318. The summed E-state index contributed by atoms with van der Waals surface area (Å²) in [4.78, 5) is 8.50. The molecule has 150 valence electrons. The van der Waals surface area contributed by atoms with Crippen LogP contribution in [0.15, 0.2) is 58.1 Å². The molecular weight excluding hydrogens is 373 g/mol. The van der Waals surface area contributed by atoms with Crippen molar-refractivity contribution in [1.29, 1.82) is 0 Å². The third kappa shape index (κ3) is 4.64. The number of nitrogens with two attached hydrogens (primary N) is 1. The third-order valence-corrected chi connectivity index (χ3v) is 4.19. The fraction of sp³-hybridized carbons (Fsp3) is 0.200. The predicted octanol–water partition coefficient (Wildman–Crippen LogP) is 2.77. The standard InChI is InChI=1S/C20H22FN7O/c1-23-8-17-16(5-14(21)6-18(17)22)19(27-24-2)9-25-7-15-11-28-10-13(12-29)3-4-20(28)26-15/h3-6,8-11,25,29H,7,12,22H2,1-2H3/b19-9-,23-8-,27-24-. The molecule has 0 radical (unpaired) electrons. The van der Waals surface area contributed by atoms with Crippen LogP contribution in [0, 0.1) is 5.82 Å². The van der Waals surface area contributed by atoms with Gasteiger partial charge in [0.15, 0.2) is 0 Å². The molecule has 0 aliphatic heterocycles. The number of nitrogens with one attached hydrogen (secondary N) is 1. The van der Waals surface area contributed by atoms with Crippen molar-refractivity contribution in [3.05, 3.63) is 71.1 Å². The van der Waals surface area contributed by atoms with Crippen molar-refractivity contribution in [2.75, 3.05) is 19.8 Å². The Morgan fingerprint density at radius 2 is 2.14 bits per heavy atom. The van der Waals surface area contributed by atoms with Crippen LogP contribution in [0.5, 0.6) is 0 Å². The molecule has 0 aliphatic rings. The number of imidazole rings is 1. The van der Waals surface area contributed by atoms with Crippen molar-refractivity contribution < 1.29 is 9.50 Å². The Bertz CT molecular complexity index is 1100. The number of benzene rings is 1. The van der Waals surface area contributed by atoms with Gasteiger partial charge in [-0.2, -0.15) is 10.2 Å². The number of aliphatic hydroxyl groups is 1. The summed E-state index contributed by atoms with van der Waals surface area (Å²) < 4.78 is 15.8. The summed E-state index contributed by atoms with van der Waals surface area (Å²) in [6.45, 7) is 0.386. The molecule has 0 bridgehead atoms. The van der Waals surface area contributed by atoms with Crippen LogP contribution >= 0.6 is 0 Å². The summed E-state index contributed by atoms with van der Waals surface area (Å²) in [6, 6.07) is 6.25. The number of hydrogen-bond acceptors (Lipinski definition) is 7. The van der Waals surface area contributed by atoms with E-state index >= 15 is 0 Å². The van der Waals surface area contributed by atoms with Crippen molar-refractivity contribution in [3.8, 4) is 0 Å². The zero-order valence-electron chi connectivity index (χ0n) is 16.2. The molecule has 0 unspecified atom stereocenters. The second kappa shape index (κ2) is 9.07. The van der Waals surface area contributed by atoms with Crippen molar-refractivity contribution in [3.63, 3.8) is 0 Å². The molecule has 2 aromatic heterocycles. The van der Waals surface area contributed by atoms with Crippen LogP contribution in [-0.2, 0) is 13.2 Å². The first-order valence-electron chi connectivity index (χ1n) is 8.88. The average Bonchev–Trinajstić information content (AvgIpc) is 3.11. The topological polar surface area (TPSA) is 113 Å². The molecule has 29 heavy (non-hydrogen) atoms. The largest absolute Gasteiger partial charge is 0.398 e. The van der Waals surface area contributed by atoms with Crippen LogP contribution in [0.3, 0.4) is 0 Å². The zero-order chi connectivity index (χ0) is 20.8. The van der Waals surface area contributed by atoms with E-state index in [-0.39, 0.29) is 12.3 Å². The fourth-order valence-electron chi connectivity index (χ4n) is 2.91. The lowest BCUT2D eigenvalue weighted by Gasteiger charge is -2.10. The van der Waals surface area contributed by atoms with Crippen LogP contribution in [0.1, 0.15) is 22.4 Å². The van der Waals surface area contributed by atoms with Crippen LogP contribution in [0.4, 0.5) is 10.1 Å². The van der Waals surface area contributed by atoms with Gasteiger partial charge in [0.05, 0.1) is 18.8 Å². The number of azo groups is 1. The second-order valence-corrected chi connectivity index (χ2v) is 6.25. The third-order valence-electron chi connectivity index (χ3n) is 4.19. The molecule has 8 nitrogen and oxygen atoms in total. The number of anilines is 1. The Kier molecular flexibility index (Phi) is 6.30. The van der Waals surface area contributed by atoms with Gasteiger partial charge in [-0.1, -0.05) is 6.07 Å². The van der Waals surface area contributed by atoms with Crippen molar-refractivity contribution in [2.45, 2.75) is 13.2 Å². The Hall–Kier alpha value is -3.59. The van der Waals surface area contributed by atoms with Crippen LogP contribution in [0.2, 0.25) is 0 Å². The molecule has 3 rings (SSSR count). The quantitative estimate of drug-likeness (QED) is 0.324. The van der Waals surface area contributed by atoms with E-state index < -0.39 is 5.82 Å². The first kappa shape index (κ1) is 20.2. The lowest BCUT2D eigenvalue weighted by Crippen LogP contribution is -2.07. The second-order valence-electron chi connectivity index (χ2n) is 6.25. The lowest BCUT2D eigenvalue weighted by molar-refractivity contribution is 0.281. The summed E-state index contributed by atoms with van der Waals surface area (Å²) in [5.41, 5.74) is 10.0. The van der Waals surface area contributed by atoms with Crippen molar-refractivity contribution in [1.82, 2.24) is 14.7 Å². The number of nitrogen functional groups attached to an aromatic ring is 1. The Morgan fingerprint density at radius 1 is 1.31 bits per heavy atom. The van der Waals surface area contributed by atoms with E-state index in [2.05, 4.69) is 25.5 Å². The molecule has 3 aromatic rings. The Balaban J connectivity index is 1.87. The Labute approximate surface area is 167 Å². The van der Waals surface area contributed by atoms with Crippen LogP contribution in [0.25, 0.3) is 11.3 Å². The van der Waals surface area contributed by atoms with E-state index in [1.165, 1.54) is 19.2 Å². The first-order chi connectivity index (χ1) is 14.0. The summed E-state index contributed by atoms with van der Waals surface area (Å²) >= 11 is 0. The monoisotopic (exact) mass is 395 g/mol.